The summed E-state index contributed by atoms with van der Waals surface area (Å²) < 4.78 is 5.77. The van der Waals surface area contributed by atoms with Gasteiger partial charge in [-0.05, 0) is 54.9 Å². The highest BCUT2D eigenvalue weighted by Gasteiger charge is 2.11. The molecule has 1 atom stereocenters. The van der Waals surface area contributed by atoms with Gasteiger partial charge in [-0.25, -0.2) is 0 Å². The maximum atomic E-state index is 5.98. The highest BCUT2D eigenvalue weighted by atomic mass is 16.5. The van der Waals surface area contributed by atoms with Crippen LogP contribution in [-0.2, 0) is 12.8 Å². The molecule has 0 saturated carbocycles. The monoisotopic (exact) mass is 233 g/mol. The molecule has 17 heavy (non-hydrogen) atoms. The molecule has 1 unspecified atom stereocenters. The highest BCUT2D eigenvalue weighted by molar-refractivity contribution is 5.37. The summed E-state index contributed by atoms with van der Waals surface area (Å²) in [6.07, 6.45) is 5.05. The third-order valence-electron chi connectivity index (χ3n) is 3.62. The Kier molecular flexibility index (Phi) is 4.06. The van der Waals surface area contributed by atoms with E-state index in [1.54, 1.807) is 0 Å². The zero-order valence-electron chi connectivity index (χ0n) is 10.9. The molecule has 0 aromatic heterocycles. The molecule has 0 spiro atoms. The van der Waals surface area contributed by atoms with Crippen LogP contribution in [0.3, 0.4) is 0 Å². The molecule has 0 fully saturated rings. The molecule has 2 nitrogen and oxygen atoms in total. The molecule has 2 rings (SSSR count). The zero-order valence-corrected chi connectivity index (χ0v) is 10.9. The van der Waals surface area contributed by atoms with Crippen molar-refractivity contribution in [3.05, 3.63) is 29.3 Å². The summed E-state index contributed by atoms with van der Waals surface area (Å²) in [5.74, 6) is 1.44. The Balaban J connectivity index is 1.97. The van der Waals surface area contributed by atoms with Crippen molar-refractivity contribution in [2.45, 2.75) is 45.6 Å². The third kappa shape index (κ3) is 3.22. The van der Waals surface area contributed by atoms with Crippen LogP contribution in [0.25, 0.3) is 0 Å². The summed E-state index contributed by atoms with van der Waals surface area (Å²) in [5.41, 5.74) is 8.94. The molecule has 1 aliphatic carbocycles. The van der Waals surface area contributed by atoms with Gasteiger partial charge in [0.25, 0.3) is 0 Å². The Bertz CT molecular complexity index is 373. The number of fused-ring (bicyclic) bond motifs is 1. The van der Waals surface area contributed by atoms with E-state index >= 15 is 0 Å². The standard InChI is InChI=1S/C15H23NO/c1-11(2)15(16)10-17-14-8-7-12-5-3-4-6-13(12)9-14/h7-9,11,15H,3-6,10,16H2,1-2H3. The van der Waals surface area contributed by atoms with Crippen LogP contribution < -0.4 is 10.5 Å². The molecular formula is C15H23NO. The van der Waals surface area contributed by atoms with Crippen LogP contribution in [-0.4, -0.2) is 12.6 Å². The fourth-order valence-corrected chi connectivity index (χ4v) is 2.18. The van der Waals surface area contributed by atoms with Crippen LogP contribution in [0.2, 0.25) is 0 Å². The van der Waals surface area contributed by atoms with Gasteiger partial charge >= 0.3 is 0 Å². The first-order chi connectivity index (χ1) is 8.16. The number of aryl methyl sites for hydroxylation is 2. The Morgan fingerprint density at radius 3 is 2.59 bits per heavy atom. The summed E-state index contributed by atoms with van der Waals surface area (Å²) in [7, 11) is 0. The Hall–Kier alpha value is -1.02. The van der Waals surface area contributed by atoms with Gasteiger partial charge in [-0.15, -0.1) is 0 Å². The molecule has 0 saturated heterocycles. The number of hydrogen-bond acceptors (Lipinski definition) is 2. The molecule has 2 heteroatoms. The molecule has 1 aromatic carbocycles. The van der Waals surface area contributed by atoms with Gasteiger partial charge < -0.3 is 10.5 Å². The Morgan fingerprint density at radius 1 is 1.18 bits per heavy atom. The van der Waals surface area contributed by atoms with Gasteiger partial charge in [-0.1, -0.05) is 19.9 Å². The average Bonchev–Trinajstić information content (AvgIpc) is 2.35. The molecule has 0 radical (unpaired) electrons. The Morgan fingerprint density at radius 2 is 1.88 bits per heavy atom. The summed E-state index contributed by atoms with van der Waals surface area (Å²) in [4.78, 5) is 0. The summed E-state index contributed by atoms with van der Waals surface area (Å²) >= 11 is 0. The van der Waals surface area contributed by atoms with E-state index < -0.39 is 0 Å². The quantitative estimate of drug-likeness (QED) is 0.868. The SMILES string of the molecule is CC(C)C(N)COc1ccc2c(c1)CCCC2. The minimum absolute atomic E-state index is 0.117. The van der Waals surface area contributed by atoms with E-state index in [1.807, 2.05) is 0 Å². The van der Waals surface area contributed by atoms with Crippen molar-refractivity contribution in [1.29, 1.82) is 0 Å². The first-order valence-corrected chi connectivity index (χ1v) is 6.67. The predicted octanol–water partition coefficient (Wildman–Crippen LogP) is 2.93. The van der Waals surface area contributed by atoms with E-state index in [-0.39, 0.29) is 6.04 Å². The van der Waals surface area contributed by atoms with Crippen LogP contribution in [0.5, 0.6) is 5.75 Å². The lowest BCUT2D eigenvalue weighted by molar-refractivity contribution is 0.259. The molecule has 2 N–H and O–H groups in total. The van der Waals surface area contributed by atoms with Crippen molar-refractivity contribution in [2.24, 2.45) is 11.7 Å². The van der Waals surface area contributed by atoms with Crippen molar-refractivity contribution < 1.29 is 4.74 Å². The Labute approximate surface area is 104 Å². The lowest BCUT2D eigenvalue weighted by Crippen LogP contribution is -2.33. The zero-order chi connectivity index (χ0) is 12.3. The van der Waals surface area contributed by atoms with Gasteiger partial charge in [0.15, 0.2) is 0 Å². The van der Waals surface area contributed by atoms with Crippen molar-refractivity contribution in [3.63, 3.8) is 0 Å². The molecular weight excluding hydrogens is 210 g/mol. The van der Waals surface area contributed by atoms with E-state index in [2.05, 4.69) is 32.0 Å². The second-order valence-electron chi connectivity index (χ2n) is 5.36. The highest BCUT2D eigenvalue weighted by Crippen LogP contribution is 2.25. The van der Waals surface area contributed by atoms with Gasteiger partial charge in [-0.3, -0.25) is 0 Å². The fourth-order valence-electron chi connectivity index (χ4n) is 2.18. The molecule has 0 heterocycles. The van der Waals surface area contributed by atoms with E-state index in [9.17, 15) is 0 Å². The van der Waals surface area contributed by atoms with E-state index in [1.165, 1.54) is 36.8 Å². The van der Waals surface area contributed by atoms with Crippen LogP contribution in [0.1, 0.15) is 37.8 Å². The van der Waals surface area contributed by atoms with Crippen LogP contribution in [0, 0.1) is 5.92 Å². The molecule has 94 valence electrons. The van der Waals surface area contributed by atoms with Crippen molar-refractivity contribution >= 4 is 0 Å². The molecule has 0 bridgehead atoms. The average molecular weight is 233 g/mol. The summed E-state index contributed by atoms with van der Waals surface area (Å²) in [6, 6.07) is 6.61. The maximum Gasteiger partial charge on any atom is 0.119 e. The van der Waals surface area contributed by atoms with E-state index in [4.69, 9.17) is 10.5 Å². The minimum Gasteiger partial charge on any atom is -0.492 e. The topological polar surface area (TPSA) is 35.2 Å². The number of ether oxygens (including phenoxy) is 1. The summed E-state index contributed by atoms with van der Waals surface area (Å²) in [5, 5.41) is 0. The fraction of sp³-hybridized carbons (Fsp3) is 0.600. The summed E-state index contributed by atoms with van der Waals surface area (Å²) in [6.45, 7) is 4.86. The van der Waals surface area contributed by atoms with Gasteiger partial charge in [0.05, 0.1) is 0 Å². The lowest BCUT2D eigenvalue weighted by Gasteiger charge is -2.19. The second kappa shape index (κ2) is 5.54. The van der Waals surface area contributed by atoms with Gasteiger partial charge in [0.1, 0.15) is 12.4 Å². The molecule has 1 aliphatic rings. The minimum atomic E-state index is 0.117. The van der Waals surface area contributed by atoms with Crippen molar-refractivity contribution in [1.82, 2.24) is 0 Å². The lowest BCUT2D eigenvalue weighted by atomic mass is 9.92. The van der Waals surface area contributed by atoms with Crippen LogP contribution >= 0.6 is 0 Å². The van der Waals surface area contributed by atoms with Gasteiger partial charge in [0, 0.05) is 6.04 Å². The van der Waals surface area contributed by atoms with E-state index in [0.29, 0.717) is 12.5 Å². The molecule has 0 amide bonds. The van der Waals surface area contributed by atoms with E-state index in [0.717, 1.165) is 5.75 Å². The normalized spacial score (nSPS) is 16.7. The smallest absolute Gasteiger partial charge is 0.119 e. The van der Waals surface area contributed by atoms with Crippen molar-refractivity contribution in [3.8, 4) is 5.75 Å². The van der Waals surface area contributed by atoms with Crippen LogP contribution in [0.15, 0.2) is 18.2 Å². The maximum absolute atomic E-state index is 5.98. The number of benzene rings is 1. The first-order valence-electron chi connectivity index (χ1n) is 6.67. The molecule has 1 aromatic rings. The van der Waals surface area contributed by atoms with Crippen LogP contribution in [0.4, 0.5) is 0 Å². The number of rotatable bonds is 4. The first kappa shape index (κ1) is 12.4. The number of nitrogens with two attached hydrogens (primary N) is 1. The van der Waals surface area contributed by atoms with Gasteiger partial charge in [-0.2, -0.15) is 0 Å². The molecule has 0 aliphatic heterocycles. The predicted molar refractivity (Wildman–Crippen MR) is 71.4 cm³/mol. The second-order valence-corrected chi connectivity index (χ2v) is 5.36. The van der Waals surface area contributed by atoms with Crippen molar-refractivity contribution in [2.75, 3.05) is 6.61 Å². The van der Waals surface area contributed by atoms with Gasteiger partial charge in [0.2, 0.25) is 0 Å². The largest absolute Gasteiger partial charge is 0.492 e. The third-order valence-corrected chi connectivity index (χ3v) is 3.62. The number of hydrogen-bond donors (Lipinski definition) is 1.